The Hall–Kier alpha value is -3.11. The van der Waals surface area contributed by atoms with Crippen molar-refractivity contribution in [3.8, 4) is 22.8 Å². The molecule has 5 rings (SSSR count). The van der Waals surface area contributed by atoms with E-state index < -0.39 is 10.0 Å². The molecule has 0 atom stereocenters. The van der Waals surface area contributed by atoms with Gasteiger partial charge in [-0.15, -0.1) is 11.3 Å². The number of anilines is 2. The number of benzene rings is 2. The molecular weight excluding hydrogens is 426 g/mol. The summed E-state index contributed by atoms with van der Waals surface area (Å²) in [6, 6.07) is 12.2. The number of nitrogens with one attached hydrogen (secondary N) is 1. The topological polar surface area (TPSA) is 97.8 Å². The van der Waals surface area contributed by atoms with Crippen LogP contribution in [0.3, 0.4) is 0 Å². The van der Waals surface area contributed by atoms with Crippen LogP contribution in [-0.4, -0.2) is 38.4 Å². The molecular formula is C20H17N3O5S2. The minimum absolute atomic E-state index is 0.130. The average molecular weight is 444 g/mol. The average Bonchev–Trinajstić information content (AvgIpc) is 3.46. The molecule has 2 aromatic carbocycles. The number of carbonyl (C=O) groups excluding carboxylic acids is 1. The molecule has 0 bridgehead atoms. The molecule has 1 N–H and O–H groups in total. The SMILES string of the molecule is O=C(Nc1nc(-c2ccc3c(c2)OCO3)cs1)c1cccc(N2CCCS2(=O)=O)c1. The lowest BCUT2D eigenvalue weighted by Crippen LogP contribution is -2.25. The highest BCUT2D eigenvalue weighted by molar-refractivity contribution is 7.93. The van der Waals surface area contributed by atoms with Crippen molar-refractivity contribution in [3.63, 3.8) is 0 Å². The second-order valence-corrected chi connectivity index (χ2v) is 9.72. The van der Waals surface area contributed by atoms with Gasteiger partial charge in [-0.3, -0.25) is 14.4 Å². The Balaban J connectivity index is 1.34. The normalized spacial score (nSPS) is 16.6. The minimum Gasteiger partial charge on any atom is -0.454 e. The van der Waals surface area contributed by atoms with Crippen molar-refractivity contribution in [1.82, 2.24) is 4.98 Å². The summed E-state index contributed by atoms with van der Waals surface area (Å²) < 4.78 is 36.3. The Bertz CT molecular complexity index is 1240. The van der Waals surface area contributed by atoms with Gasteiger partial charge in [0.2, 0.25) is 16.8 Å². The summed E-state index contributed by atoms with van der Waals surface area (Å²) in [5.41, 5.74) is 2.44. The van der Waals surface area contributed by atoms with Crippen molar-refractivity contribution >= 4 is 38.1 Å². The van der Waals surface area contributed by atoms with Crippen molar-refractivity contribution in [1.29, 1.82) is 0 Å². The fourth-order valence-electron chi connectivity index (χ4n) is 3.42. The summed E-state index contributed by atoms with van der Waals surface area (Å²) in [4.78, 5) is 17.2. The Morgan fingerprint density at radius 2 is 2.00 bits per heavy atom. The summed E-state index contributed by atoms with van der Waals surface area (Å²) >= 11 is 1.31. The van der Waals surface area contributed by atoms with Gasteiger partial charge in [-0.25, -0.2) is 13.4 Å². The summed E-state index contributed by atoms with van der Waals surface area (Å²) in [6.45, 7) is 0.633. The van der Waals surface area contributed by atoms with Crippen LogP contribution in [-0.2, 0) is 10.0 Å². The number of carbonyl (C=O) groups is 1. The molecule has 0 saturated carbocycles. The summed E-state index contributed by atoms with van der Waals surface area (Å²) in [5.74, 6) is 1.15. The molecule has 1 fully saturated rings. The zero-order valence-electron chi connectivity index (χ0n) is 15.7. The van der Waals surface area contributed by atoms with Crippen LogP contribution < -0.4 is 19.1 Å². The maximum atomic E-state index is 12.7. The lowest BCUT2D eigenvalue weighted by atomic mass is 10.1. The number of fused-ring (bicyclic) bond motifs is 1. The van der Waals surface area contributed by atoms with Crippen LogP contribution in [0, 0.1) is 0 Å². The molecule has 2 aliphatic rings. The lowest BCUT2D eigenvalue weighted by molar-refractivity contribution is 0.102. The molecule has 1 saturated heterocycles. The zero-order valence-corrected chi connectivity index (χ0v) is 17.3. The number of rotatable bonds is 4. The van der Waals surface area contributed by atoms with Gasteiger partial charge in [-0.2, -0.15) is 0 Å². The van der Waals surface area contributed by atoms with Crippen molar-refractivity contribution in [2.75, 3.05) is 28.7 Å². The molecule has 0 radical (unpaired) electrons. The van der Waals surface area contributed by atoms with E-state index in [-0.39, 0.29) is 18.5 Å². The first-order valence-corrected chi connectivity index (χ1v) is 11.8. The number of amides is 1. The second kappa shape index (κ2) is 7.29. The predicted octanol–water partition coefficient (Wildman–Crippen LogP) is 3.33. The molecule has 8 nitrogen and oxygen atoms in total. The third-order valence-corrected chi connectivity index (χ3v) is 7.52. The first kappa shape index (κ1) is 18.9. The summed E-state index contributed by atoms with van der Waals surface area (Å²) in [5, 5.41) is 5.08. The van der Waals surface area contributed by atoms with E-state index in [9.17, 15) is 13.2 Å². The smallest absolute Gasteiger partial charge is 0.257 e. The summed E-state index contributed by atoms with van der Waals surface area (Å²) in [6.07, 6.45) is 0.584. The van der Waals surface area contributed by atoms with Crippen molar-refractivity contribution in [3.05, 3.63) is 53.4 Å². The third kappa shape index (κ3) is 3.48. The number of aromatic nitrogens is 1. The molecule has 3 heterocycles. The first-order chi connectivity index (χ1) is 14.5. The zero-order chi connectivity index (χ0) is 20.7. The van der Waals surface area contributed by atoms with E-state index in [2.05, 4.69) is 10.3 Å². The number of nitrogens with zero attached hydrogens (tertiary/aromatic N) is 2. The quantitative estimate of drug-likeness (QED) is 0.664. The monoisotopic (exact) mass is 443 g/mol. The summed E-state index contributed by atoms with van der Waals surface area (Å²) in [7, 11) is -3.30. The van der Waals surface area contributed by atoms with Crippen LogP contribution in [0.2, 0.25) is 0 Å². The fraction of sp³-hybridized carbons (Fsp3) is 0.200. The molecule has 0 spiro atoms. The number of ether oxygens (including phenoxy) is 2. The molecule has 1 aromatic heterocycles. The van der Waals surface area contributed by atoms with Gasteiger partial charge in [-0.1, -0.05) is 6.07 Å². The second-order valence-electron chi connectivity index (χ2n) is 6.85. The van der Waals surface area contributed by atoms with E-state index in [1.54, 1.807) is 24.3 Å². The first-order valence-electron chi connectivity index (χ1n) is 9.27. The van der Waals surface area contributed by atoms with Gasteiger partial charge in [0.05, 0.1) is 17.1 Å². The molecule has 10 heteroatoms. The van der Waals surface area contributed by atoms with Crippen LogP contribution in [0.5, 0.6) is 11.5 Å². The highest BCUT2D eigenvalue weighted by Crippen LogP contribution is 2.36. The van der Waals surface area contributed by atoms with Gasteiger partial charge < -0.3 is 9.47 Å². The van der Waals surface area contributed by atoms with Crippen LogP contribution >= 0.6 is 11.3 Å². The Labute approximate surface area is 177 Å². The van der Waals surface area contributed by atoms with Gasteiger partial charge in [0.25, 0.3) is 5.91 Å². The van der Waals surface area contributed by atoms with Gasteiger partial charge in [0.15, 0.2) is 16.6 Å². The van der Waals surface area contributed by atoms with Crippen molar-refractivity contribution < 1.29 is 22.7 Å². The number of sulfonamides is 1. The van der Waals surface area contributed by atoms with Gasteiger partial charge >= 0.3 is 0 Å². The molecule has 2 aliphatic heterocycles. The highest BCUT2D eigenvalue weighted by atomic mass is 32.2. The van der Waals surface area contributed by atoms with Crippen molar-refractivity contribution in [2.45, 2.75) is 6.42 Å². The van der Waals surface area contributed by atoms with E-state index in [1.807, 2.05) is 23.6 Å². The highest BCUT2D eigenvalue weighted by Gasteiger charge is 2.28. The third-order valence-electron chi connectivity index (χ3n) is 4.89. The van der Waals surface area contributed by atoms with Crippen LogP contribution in [0.4, 0.5) is 10.8 Å². The molecule has 30 heavy (non-hydrogen) atoms. The number of hydrogen-bond acceptors (Lipinski definition) is 7. The number of hydrogen-bond donors (Lipinski definition) is 1. The predicted molar refractivity (Wildman–Crippen MR) is 114 cm³/mol. The standard InChI is InChI=1S/C20H17N3O5S2/c24-19(14-3-1-4-15(9-14)23-7-2-8-30(23,25)26)22-20-21-16(11-29-20)13-5-6-17-18(10-13)28-12-27-17/h1,3-6,9-11H,2,7-8,12H2,(H,21,22,24). The minimum atomic E-state index is -3.30. The van der Waals surface area contributed by atoms with Gasteiger partial charge in [0.1, 0.15) is 0 Å². The number of thiazole rings is 1. The van der Waals surface area contributed by atoms with Crippen molar-refractivity contribution in [2.24, 2.45) is 0 Å². The van der Waals surface area contributed by atoms with Crippen LogP contribution in [0.25, 0.3) is 11.3 Å². The van der Waals surface area contributed by atoms with Crippen LogP contribution in [0.15, 0.2) is 47.8 Å². The van der Waals surface area contributed by atoms with E-state index in [0.717, 1.165) is 5.56 Å². The maximum Gasteiger partial charge on any atom is 0.257 e. The van der Waals surface area contributed by atoms with E-state index in [4.69, 9.17) is 9.47 Å². The molecule has 154 valence electrons. The molecule has 1 amide bonds. The maximum absolute atomic E-state index is 12.7. The van der Waals surface area contributed by atoms with E-state index in [1.165, 1.54) is 15.6 Å². The molecule has 0 aliphatic carbocycles. The lowest BCUT2D eigenvalue weighted by Gasteiger charge is -2.17. The molecule has 0 unspecified atom stereocenters. The fourth-order valence-corrected chi connectivity index (χ4v) is 5.69. The van der Waals surface area contributed by atoms with Crippen LogP contribution in [0.1, 0.15) is 16.8 Å². The largest absolute Gasteiger partial charge is 0.454 e. The van der Waals surface area contributed by atoms with E-state index >= 15 is 0 Å². The molecule has 3 aromatic rings. The van der Waals surface area contributed by atoms with Gasteiger partial charge in [0, 0.05) is 23.1 Å². The Morgan fingerprint density at radius 1 is 1.13 bits per heavy atom. The Morgan fingerprint density at radius 3 is 2.83 bits per heavy atom. The van der Waals surface area contributed by atoms with Gasteiger partial charge in [-0.05, 0) is 42.8 Å². The van der Waals surface area contributed by atoms with E-state index in [0.29, 0.717) is 46.5 Å². The Kier molecular flexibility index (Phi) is 4.59.